The molecule has 22 heavy (non-hydrogen) atoms. The lowest BCUT2D eigenvalue weighted by molar-refractivity contribution is 0.102. The molecule has 2 rings (SSSR count). The molecule has 0 saturated carbocycles. The smallest absolute Gasteiger partial charge is 0.255 e. The van der Waals surface area contributed by atoms with E-state index in [0.29, 0.717) is 11.3 Å². The van der Waals surface area contributed by atoms with Crippen molar-refractivity contribution in [3.8, 4) is 0 Å². The molecule has 1 aromatic carbocycles. The van der Waals surface area contributed by atoms with Crippen LogP contribution in [0.3, 0.4) is 0 Å². The summed E-state index contributed by atoms with van der Waals surface area (Å²) in [6.07, 6.45) is 1.66. The number of nitrogens with one attached hydrogen (secondary N) is 2. The lowest BCUT2D eigenvalue weighted by atomic mass is 10.1. The minimum atomic E-state index is -0.126. The Labute approximate surface area is 131 Å². The van der Waals surface area contributed by atoms with Crippen molar-refractivity contribution in [1.82, 2.24) is 9.88 Å². The summed E-state index contributed by atoms with van der Waals surface area (Å²) < 4.78 is 0. The van der Waals surface area contributed by atoms with E-state index in [-0.39, 0.29) is 5.91 Å². The molecule has 0 unspecified atom stereocenters. The summed E-state index contributed by atoms with van der Waals surface area (Å²) in [5.74, 6) is 0.675. The van der Waals surface area contributed by atoms with E-state index in [2.05, 4.69) is 20.5 Å². The highest BCUT2D eigenvalue weighted by atomic mass is 16.1. The number of anilines is 2. The Morgan fingerprint density at radius 3 is 2.68 bits per heavy atom. The normalized spacial score (nSPS) is 10.5. The van der Waals surface area contributed by atoms with E-state index in [1.807, 2.05) is 51.4 Å². The maximum atomic E-state index is 12.1. The predicted octanol–water partition coefficient (Wildman–Crippen LogP) is 2.62. The number of pyridine rings is 1. The van der Waals surface area contributed by atoms with Crippen molar-refractivity contribution in [2.75, 3.05) is 37.8 Å². The Morgan fingerprint density at radius 2 is 2.05 bits per heavy atom. The van der Waals surface area contributed by atoms with Crippen LogP contribution in [0.1, 0.15) is 15.9 Å². The van der Waals surface area contributed by atoms with Crippen molar-refractivity contribution in [1.29, 1.82) is 0 Å². The highest BCUT2D eigenvalue weighted by molar-refractivity contribution is 6.04. The number of hydrogen-bond acceptors (Lipinski definition) is 4. The number of benzene rings is 1. The summed E-state index contributed by atoms with van der Waals surface area (Å²) in [6, 6.07) is 11.2. The van der Waals surface area contributed by atoms with Gasteiger partial charge in [-0.1, -0.05) is 17.7 Å². The van der Waals surface area contributed by atoms with Crippen LogP contribution in [0.25, 0.3) is 0 Å². The number of rotatable bonds is 6. The Bertz CT molecular complexity index is 623. The van der Waals surface area contributed by atoms with Gasteiger partial charge in [-0.2, -0.15) is 0 Å². The number of aromatic nitrogens is 1. The molecule has 1 amide bonds. The first-order valence-corrected chi connectivity index (χ1v) is 7.27. The zero-order valence-electron chi connectivity index (χ0n) is 13.3. The maximum Gasteiger partial charge on any atom is 0.255 e. The van der Waals surface area contributed by atoms with Gasteiger partial charge in [0.2, 0.25) is 0 Å². The average molecular weight is 298 g/mol. The van der Waals surface area contributed by atoms with Crippen molar-refractivity contribution < 1.29 is 4.79 Å². The zero-order chi connectivity index (χ0) is 15.9. The van der Waals surface area contributed by atoms with E-state index in [1.54, 1.807) is 12.3 Å². The fourth-order valence-electron chi connectivity index (χ4n) is 1.97. The molecule has 1 aromatic heterocycles. The van der Waals surface area contributed by atoms with Gasteiger partial charge in [0.1, 0.15) is 5.82 Å². The van der Waals surface area contributed by atoms with Crippen LogP contribution < -0.4 is 10.6 Å². The van der Waals surface area contributed by atoms with Crippen molar-refractivity contribution >= 4 is 17.4 Å². The summed E-state index contributed by atoms with van der Waals surface area (Å²) in [4.78, 5) is 18.5. The minimum absolute atomic E-state index is 0.126. The van der Waals surface area contributed by atoms with Gasteiger partial charge in [-0.3, -0.25) is 4.79 Å². The van der Waals surface area contributed by atoms with Gasteiger partial charge in [0.15, 0.2) is 0 Å². The van der Waals surface area contributed by atoms with Crippen LogP contribution in [-0.2, 0) is 0 Å². The highest BCUT2D eigenvalue weighted by Crippen LogP contribution is 2.12. The minimum Gasteiger partial charge on any atom is -0.369 e. The number of hydrogen-bond donors (Lipinski definition) is 2. The van der Waals surface area contributed by atoms with E-state index in [1.165, 1.54) is 0 Å². The van der Waals surface area contributed by atoms with Crippen LogP contribution in [-0.4, -0.2) is 43.0 Å². The third kappa shape index (κ3) is 4.86. The topological polar surface area (TPSA) is 57.3 Å². The highest BCUT2D eigenvalue weighted by Gasteiger charge is 2.06. The number of aryl methyl sites for hydroxylation is 1. The largest absolute Gasteiger partial charge is 0.369 e. The molecular weight excluding hydrogens is 276 g/mol. The number of carbonyl (C=O) groups is 1. The van der Waals surface area contributed by atoms with Crippen LogP contribution >= 0.6 is 0 Å². The zero-order valence-corrected chi connectivity index (χ0v) is 13.3. The second-order valence-corrected chi connectivity index (χ2v) is 5.49. The van der Waals surface area contributed by atoms with Gasteiger partial charge in [-0.05, 0) is 45.3 Å². The second kappa shape index (κ2) is 7.56. The van der Waals surface area contributed by atoms with E-state index < -0.39 is 0 Å². The van der Waals surface area contributed by atoms with E-state index >= 15 is 0 Å². The Kier molecular flexibility index (Phi) is 5.49. The van der Waals surface area contributed by atoms with Gasteiger partial charge in [0, 0.05) is 18.7 Å². The monoisotopic (exact) mass is 298 g/mol. The second-order valence-electron chi connectivity index (χ2n) is 5.49. The van der Waals surface area contributed by atoms with Crippen LogP contribution in [0.5, 0.6) is 0 Å². The number of likely N-dealkylation sites (N-methyl/N-ethyl adjacent to an activating group) is 1. The first-order chi connectivity index (χ1) is 10.5. The number of carbonyl (C=O) groups excluding carboxylic acids is 1. The molecule has 1 heterocycles. The molecule has 0 radical (unpaired) electrons. The van der Waals surface area contributed by atoms with Crippen LogP contribution in [0.4, 0.5) is 11.5 Å². The molecule has 5 heteroatoms. The first kappa shape index (κ1) is 16.0. The summed E-state index contributed by atoms with van der Waals surface area (Å²) in [6.45, 7) is 3.73. The molecule has 0 aliphatic heterocycles. The molecule has 0 saturated heterocycles. The van der Waals surface area contributed by atoms with Crippen molar-refractivity contribution in [2.45, 2.75) is 6.92 Å². The van der Waals surface area contributed by atoms with Crippen molar-refractivity contribution in [2.24, 2.45) is 0 Å². The van der Waals surface area contributed by atoms with E-state index in [9.17, 15) is 4.79 Å². The molecular formula is C17H22N4O. The summed E-state index contributed by atoms with van der Waals surface area (Å²) >= 11 is 0. The van der Waals surface area contributed by atoms with Gasteiger partial charge in [-0.25, -0.2) is 4.98 Å². The Morgan fingerprint density at radius 1 is 1.23 bits per heavy atom. The van der Waals surface area contributed by atoms with Gasteiger partial charge in [-0.15, -0.1) is 0 Å². The number of amides is 1. The average Bonchev–Trinajstić information content (AvgIpc) is 2.48. The number of nitrogens with zero attached hydrogens (tertiary/aromatic N) is 2. The molecule has 0 atom stereocenters. The Balaban J connectivity index is 1.92. The standard InChI is InChI=1S/C17H22N4O/c1-13-5-4-6-14(11-13)17(22)20-15-7-8-16(19-12-15)18-9-10-21(2)3/h4-8,11-12H,9-10H2,1-3H3,(H,18,19)(H,20,22). The summed E-state index contributed by atoms with van der Waals surface area (Å²) in [7, 11) is 4.05. The fourth-order valence-corrected chi connectivity index (χ4v) is 1.97. The van der Waals surface area contributed by atoms with Crippen LogP contribution in [0, 0.1) is 6.92 Å². The molecule has 2 N–H and O–H groups in total. The lowest BCUT2D eigenvalue weighted by Gasteiger charge is -2.11. The van der Waals surface area contributed by atoms with E-state index in [0.717, 1.165) is 24.5 Å². The molecule has 2 aromatic rings. The fraction of sp³-hybridized carbons (Fsp3) is 0.294. The quantitative estimate of drug-likeness (QED) is 0.861. The molecule has 5 nitrogen and oxygen atoms in total. The molecule has 0 aliphatic rings. The summed E-state index contributed by atoms with van der Waals surface area (Å²) in [5.41, 5.74) is 2.39. The van der Waals surface area contributed by atoms with Gasteiger partial charge in [0.05, 0.1) is 11.9 Å². The van der Waals surface area contributed by atoms with Crippen molar-refractivity contribution in [3.05, 3.63) is 53.7 Å². The van der Waals surface area contributed by atoms with Crippen LogP contribution in [0.2, 0.25) is 0 Å². The van der Waals surface area contributed by atoms with Gasteiger partial charge in [0.25, 0.3) is 5.91 Å². The predicted molar refractivity (Wildman–Crippen MR) is 90.4 cm³/mol. The maximum absolute atomic E-state index is 12.1. The van der Waals surface area contributed by atoms with Crippen molar-refractivity contribution in [3.63, 3.8) is 0 Å². The Hall–Kier alpha value is -2.40. The van der Waals surface area contributed by atoms with Gasteiger partial charge < -0.3 is 15.5 Å². The van der Waals surface area contributed by atoms with Crippen LogP contribution in [0.15, 0.2) is 42.6 Å². The molecule has 0 spiro atoms. The summed E-state index contributed by atoms with van der Waals surface area (Å²) in [5, 5.41) is 6.08. The lowest BCUT2D eigenvalue weighted by Crippen LogP contribution is -2.21. The molecule has 0 fully saturated rings. The molecule has 0 aliphatic carbocycles. The molecule has 116 valence electrons. The molecule has 0 bridgehead atoms. The third-order valence-electron chi connectivity index (χ3n) is 3.17. The SMILES string of the molecule is Cc1cccc(C(=O)Nc2ccc(NCCN(C)C)nc2)c1. The van der Waals surface area contributed by atoms with Gasteiger partial charge >= 0.3 is 0 Å². The third-order valence-corrected chi connectivity index (χ3v) is 3.17. The first-order valence-electron chi connectivity index (χ1n) is 7.27. The van der Waals surface area contributed by atoms with E-state index in [4.69, 9.17) is 0 Å².